The minimum atomic E-state index is -0.126. The number of hydrogen-bond donors (Lipinski definition) is 2. The summed E-state index contributed by atoms with van der Waals surface area (Å²) in [6.07, 6.45) is 0.945. The predicted molar refractivity (Wildman–Crippen MR) is 44.9 cm³/mol. The van der Waals surface area contributed by atoms with Gasteiger partial charge in [0.2, 0.25) is 0 Å². The zero-order valence-electron chi connectivity index (χ0n) is 6.68. The minimum absolute atomic E-state index is 0.126. The van der Waals surface area contributed by atoms with Crippen LogP contribution >= 0.6 is 0 Å². The fourth-order valence-electron chi connectivity index (χ4n) is 1.47. The van der Waals surface area contributed by atoms with Crippen LogP contribution in [0, 0.1) is 5.82 Å². The first-order valence-electron chi connectivity index (χ1n) is 4.11. The van der Waals surface area contributed by atoms with Gasteiger partial charge >= 0.3 is 0 Å². The third-order valence-electron chi connectivity index (χ3n) is 2.11. The number of benzene rings is 1. The van der Waals surface area contributed by atoms with Gasteiger partial charge in [0.25, 0.3) is 0 Å². The summed E-state index contributed by atoms with van der Waals surface area (Å²) in [5.74, 6) is -0.126. The molecule has 2 nitrogen and oxygen atoms in total. The van der Waals surface area contributed by atoms with Crippen LogP contribution in [0.2, 0.25) is 0 Å². The van der Waals surface area contributed by atoms with Crippen LogP contribution in [0.3, 0.4) is 0 Å². The van der Waals surface area contributed by atoms with Crippen LogP contribution < -0.4 is 10.9 Å². The molecule has 0 aromatic heterocycles. The molecule has 3 heteroatoms. The lowest BCUT2D eigenvalue weighted by molar-refractivity contribution is 0.534. The number of nitrogens with one attached hydrogen (secondary N) is 2. The molecule has 1 aromatic rings. The van der Waals surface area contributed by atoms with Crippen molar-refractivity contribution in [1.82, 2.24) is 10.9 Å². The average Bonchev–Trinajstić information content (AvgIpc) is 2.57. The molecule has 12 heavy (non-hydrogen) atoms. The molecule has 1 fully saturated rings. The van der Waals surface area contributed by atoms with Crippen LogP contribution in [-0.4, -0.2) is 6.54 Å². The lowest BCUT2D eigenvalue weighted by Crippen LogP contribution is -2.25. The van der Waals surface area contributed by atoms with Gasteiger partial charge in [-0.25, -0.2) is 4.39 Å². The first kappa shape index (κ1) is 7.71. The smallest absolute Gasteiger partial charge is 0.128 e. The molecule has 0 amide bonds. The summed E-state index contributed by atoms with van der Waals surface area (Å²) in [4.78, 5) is 0. The molecule has 0 spiro atoms. The van der Waals surface area contributed by atoms with Gasteiger partial charge in [-0.05, 0) is 12.5 Å². The van der Waals surface area contributed by atoms with Crippen molar-refractivity contribution < 1.29 is 4.39 Å². The van der Waals surface area contributed by atoms with E-state index in [1.165, 1.54) is 6.07 Å². The number of hydrazine groups is 1. The van der Waals surface area contributed by atoms with Crippen molar-refractivity contribution in [2.45, 2.75) is 12.5 Å². The van der Waals surface area contributed by atoms with Crippen LogP contribution in [0.4, 0.5) is 4.39 Å². The zero-order valence-corrected chi connectivity index (χ0v) is 6.68. The Kier molecular flexibility index (Phi) is 2.06. The monoisotopic (exact) mass is 166 g/mol. The van der Waals surface area contributed by atoms with Gasteiger partial charge < -0.3 is 0 Å². The highest BCUT2D eigenvalue weighted by Gasteiger charge is 2.18. The van der Waals surface area contributed by atoms with Crippen LogP contribution in [0.25, 0.3) is 0 Å². The zero-order chi connectivity index (χ0) is 8.39. The van der Waals surface area contributed by atoms with Gasteiger partial charge in [-0.1, -0.05) is 18.2 Å². The van der Waals surface area contributed by atoms with Crippen LogP contribution in [0.5, 0.6) is 0 Å². The highest BCUT2D eigenvalue weighted by atomic mass is 19.1. The highest BCUT2D eigenvalue weighted by molar-refractivity contribution is 5.21. The molecule has 2 N–H and O–H groups in total. The molecule has 0 bridgehead atoms. The second kappa shape index (κ2) is 3.21. The highest BCUT2D eigenvalue weighted by Crippen LogP contribution is 2.20. The van der Waals surface area contributed by atoms with Crippen LogP contribution in [0.15, 0.2) is 24.3 Å². The van der Waals surface area contributed by atoms with Gasteiger partial charge in [0, 0.05) is 12.1 Å². The molecule has 0 saturated carbocycles. The van der Waals surface area contributed by atoms with E-state index in [4.69, 9.17) is 0 Å². The maximum atomic E-state index is 13.2. The van der Waals surface area contributed by atoms with Crippen LogP contribution in [-0.2, 0) is 0 Å². The molecule has 1 aliphatic heterocycles. The minimum Gasteiger partial charge on any atom is -0.257 e. The molecular formula is C9H11FN2. The van der Waals surface area contributed by atoms with E-state index in [1.54, 1.807) is 6.07 Å². The fourth-order valence-corrected chi connectivity index (χ4v) is 1.47. The lowest BCUT2D eigenvalue weighted by atomic mass is 10.1. The van der Waals surface area contributed by atoms with Crippen molar-refractivity contribution in [1.29, 1.82) is 0 Å². The number of halogens is 1. The second-order valence-corrected chi connectivity index (χ2v) is 2.93. The fraction of sp³-hybridized carbons (Fsp3) is 0.333. The summed E-state index contributed by atoms with van der Waals surface area (Å²) < 4.78 is 13.2. The maximum absolute atomic E-state index is 13.2. The standard InChI is InChI=1S/C9H11FN2/c10-8-4-2-1-3-7(8)9-5-6-11-12-9/h1-4,9,11-12H,5-6H2. The molecule has 64 valence electrons. The summed E-state index contributed by atoms with van der Waals surface area (Å²) >= 11 is 0. The molecule has 2 rings (SSSR count). The Morgan fingerprint density at radius 2 is 2.17 bits per heavy atom. The first-order chi connectivity index (χ1) is 5.88. The van der Waals surface area contributed by atoms with E-state index in [0.717, 1.165) is 18.5 Å². The maximum Gasteiger partial charge on any atom is 0.128 e. The van der Waals surface area contributed by atoms with Gasteiger partial charge in [-0.15, -0.1) is 0 Å². The second-order valence-electron chi connectivity index (χ2n) is 2.93. The molecular weight excluding hydrogens is 155 g/mol. The van der Waals surface area contributed by atoms with Crippen molar-refractivity contribution in [3.05, 3.63) is 35.6 Å². The summed E-state index contributed by atoms with van der Waals surface area (Å²) in [7, 11) is 0. The Balaban J connectivity index is 2.26. The van der Waals surface area contributed by atoms with Gasteiger partial charge in [-0.2, -0.15) is 0 Å². The third kappa shape index (κ3) is 1.33. The average molecular weight is 166 g/mol. The van der Waals surface area contributed by atoms with E-state index >= 15 is 0 Å². The normalized spacial score (nSPS) is 22.9. The molecule has 0 aliphatic carbocycles. The molecule has 1 aliphatic rings. The van der Waals surface area contributed by atoms with E-state index in [2.05, 4.69) is 10.9 Å². The molecule has 1 aromatic carbocycles. The van der Waals surface area contributed by atoms with Crippen molar-refractivity contribution in [2.24, 2.45) is 0 Å². The quantitative estimate of drug-likeness (QED) is 0.658. The topological polar surface area (TPSA) is 24.1 Å². The van der Waals surface area contributed by atoms with Crippen molar-refractivity contribution in [3.63, 3.8) is 0 Å². The Morgan fingerprint density at radius 3 is 2.83 bits per heavy atom. The Labute approximate surface area is 70.8 Å². The van der Waals surface area contributed by atoms with Crippen molar-refractivity contribution in [2.75, 3.05) is 6.54 Å². The Hall–Kier alpha value is -0.930. The van der Waals surface area contributed by atoms with E-state index < -0.39 is 0 Å². The van der Waals surface area contributed by atoms with Gasteiger partial charge in [-0.3, -0.25) is 10.9 Å². The largest absolute Gasteiger partial charge is 0.257 e. The summed E-state index contributed by atoms with van der Waals surface area (Å²) in [6, 6.07) is 7.01. The lowest BCUT2D eigenvalue weighted by Gasteiger charge is -2.09. The first-order valence-corrected chi connectivity index (χ1v) is 4.11. The summed E-state index contributed by atoms with van der Waals surface area (Å²) in [6.45, 7) is 0.902. The molecule has 1 unspecified atom stereocenters. The summed E-state index contributed by atoms with van der Waals surface area (Å²) in [5, 5.41) is 0. The Bertz CT molecular complexity index is 269. The number of rotatable bonds is 1. The summed E-state index contributed by atoms with van der Waals surface area (Å²) in [5.41, 5.74) is 6.76. The van der Waals surface area contributed by atoms with E-state index in [1.807, 2.05) is 12.1 Å². The van der Waals surface area contributed by atoms with E-state index in [0.29, 0.717) is 0 Å². The van der Waals surface area contributed by atoms with Gasteiger partial charge in [0.05, 0.1) is 6.04 Å². The Morgan fingerprint density at radius 1 is 1.33 bits per heavy atom. The van der Waals surface area contributed by atoms with Crippen LogP contribution in [0.1, 0.15) is 18.0 Å². The number of hydrogen-bond acceptors (Lipinski definition) is 2. The van der Waals surface area contributed by atoms with Gasteiger partial charge in [0.15, 0.2) is 0 Å². The molecule has 1 heterocycles. The molecule has 1 saturated heterocycles. The van der Waals surface area contributed by atoms with E-state index in [9.17, 15) is 4.39 Å². The predicted octanol–water partition coefficient (Wildman–Crippen LogP) is 1.36. The van der Waals surface area contributed by atoms with E-state index in [-0.39, 0.29) is 11.9 Å². The van der Waals surface area contributed by atoms with Gasteiger partial charge in [0.1, 0.15) is 5.82 Å². The molecule has 0 radical (unpaired) electrons. The molecule has 1 atom stereocenters. The SMILES string of the molecule is Fc1ccccc1C1CCNN1. The van der Waals surface area contributed by atoms with Crippen molar-refractivity contribution in [3.8, 4) is 0 Å². The third-order valence-corrected chi connectivity index (χ3v) is 2.11. The van der Waals surface area contributed by atoms with Crippen molar-refractivity contribution >= 4 is 0 Å².